The van der Waals surface area contributed by atoms with Crippen LogP contribution in [0.1, 0.15) is 27.3 Å². The van der Waals surface area contributed by atoms with Crippen molar-refractivity contribution >= 4 is 17.2 Å². The van der Waals surface area contributed by atoms with Crippen LogP contribution in [0.3, 0.4) is 0 Å². The van der Waals surface area contributed by atoms with Crippen LogP contribution in [0.2, 0.25) is 0 Å². The van der Waals surface area contributed by atoms with Gasteiger partial charge in [-0.25, -0.2) is 18.2 Å². The minimum Gasteiger partial charge on any atom is -0.395 e. The number of anilines is 1. The predicted octanol–water partition coefficient (Wildman–Crippen LogP) is 4.78. The number of likely N-dealkylation sites (N-methyl/N-ethyl adjacent to an activating group) is 1. The van der Waals surface area contributed by atoms with Crippen LogP contribution in [0.25, 0.3) is 16.8 Å². The summed E-state index contributed by atoms with van der Waals surface area (Å²) in [4.78, 5) is 23.9. The Bertz CT molecular complexity index is 1710. The van der Waals surface area contributed by atoms with E-state index in [1.54, 1.807) is 22.9 Å². The molecule has 42 heavy (non-hydrogen) atoms. The molecule has 0 saturated carbocycles. The highest BCUT2D eigenvalue weighted by Crippen LogP contribution is 2.22. The second kappa shape index (κ2) is 12.9. The van der Waals surface area contributed by atoms with Gasteiger partial charge >= 0.3 is 0 Å². The van der Waals surface area contributed by atoms with Crippen molar-refractivity contribution in [1.82, 2.24) is 24.6 Å². The monoisotopic (exact) mass is 574 g/mol. The van der Waals surface area contributed by atoms with Crippen LogP contribution in [-0.2, 0) is 19.6 Å². The Kier molecular flexibility index (Phi) is 8.91. The summed E-state index contributed by atoms with van der Waals surface area (Å²) in [5.41, 5.74) is 4.68. The van der Waals surface area contributed by atoms with Gasteiger partial charge in [0.2, 0.25) is 0 Å². The first-order valence-electron chi connectivity index (χ1n) is 13.3. The molecule has 216 valence electrons. The van der Waals surface area contributed by atoms with E-state index in [4.69, 9.17) is 5.11 Å². The summed E-state index contributed by atoms with van der Waals surface area (Å²) in [7, 11) is 1.91. The van der Waals surface area contributed by atoms with Gasteiger partial charge in [-0.3, -0.25) is 19.1 Å². The number of hydrogen-bond donors (Lipinski definition) is 3. The highest BCUT2D eigenvalue weighted by Gasteiger charge is 2.16. The Balaban J connectivity index is 1.24. The van der Waals surface area contributed by atoms with Crippen LogP contribution in [0.15, 0.2) is 79.3 Å². The number of carbonyl (C=O) groups excluding carboxylic acids is 1. The van der Waals surface area contributed by atoms with E-state index >= 15 is 0 Å². The molecule has 0 radical (unpaired) electrons. The molecule has 0 aliphatic carbocycles. The number of halogens is 3. The molecule has 5 rings (SSSR count). The van der Waals surface area contributed by atoms with Crippen LogP contribution in [-0.4, -0.2) is 50.5 Å². The summed E-state index contributed by atoms with van der Waals surface area (Å²) in [6.45, 7) is 1.86. The number of nitrogens with one attached hydrogen (secondary N) is 2. The standard InChI is InChI=1S/C31H29F3N6O2/c1-39(10-11-41)19-24-5-4-23(17-36-24)22-8-9-40-29(18-37-30(40)14-22)31(42)38-28-13-21(3-7-26(28)33)16-35-15-20-2-6-25(32)27(34)12-20/h2-9,12-14,17-18,35,41H,10-11,15-16,19H2,1H3,(H,38,42). The van der Waals surface area contributed by atoms with Gasteiger partial charge < -0.3 is 15.7 Å². The molecule has 1 amide bonds. The van der Waals surface area contributed by atoms with Crippen molar-refractivity contribution in [3.05, 3.63) is 119 Å². The second-order valence-corrected chi connectivity index (χ2v) is 9.91. The van der Waals surface area contributed by atoms with Crippen molar-refractivity contribution in [1.29, 1.82) is 0 Å². The molecule has 3 aromatic heterocycles. The zero-order valence-electron chi connectivity index (χ0n) is 22.8. The summed E-state index contributed by atoms with van der Waals surface area (Å²) < 4.78 is 42.8. The smallest absolute Gasteiger partial charge is 0.274 e. The Labute approximate surface area is 240 Å². The minimum atomic E-state index is -0.921. The number of carbonyl (C=O) groups is 1. The molecule has 8 nitrogen and oxygen atoms in total. The highest BCUT2D eigenvalue weighted by atomic mass is 19.2. The van der Waals surface area contributed by atoms with Crippen molar-refractivity contribution in [3.8, 4) is 11.1 Å². The lowest BCUT2D eigenvalue weighted by atomic mass is 10.1. The van der Waals surface area contributed by atoms with E-state index in [0.717, 1.165) is 29.0 Å². The summed E-state index contributed by atoms with van der Waals surface area (Å²) in [5.74, 6) is -2.96. The lowest BCUT2D eigenvalue weighted by Gasteiger charge is -2.14. The van der Waals surface area contributed by atoms with E-state index in [0.29, 0.717) is 36.4 Å². The van der Waals surface area contributed by atoms with Crippen LogP contribution in [0.5, 0.6) is 0 Å². The van der Waals surface area contributed by atoms with Gasteiger partial charge in [0, 0.05) is 44.1 Å². The van der Waals surface area contributed by atoms with Gasteiger partial charge in [0.05, 0.1) is 24.2 Å². The first-order chi connectivity index (χ1) is 20.3. The van der Waals surface area contributed by atoms with Crippen molar-refractivity contribution < 1.29 is 23.1 Å². The maximum Gasteiger partial charge on any atom is 0.274 e. The third-order valence-electron chi connectivity index (χ3n) is 6.74. The molecule has 0 unspecified atom stereocenters. The average molecular weight is 575 g/mol. The fourth-order valence-electron chi connectivity index (χ4n) is 4.51. The summed E-state index contributed by atoms with van der Waals surface area (Å²) in [6, 6.07) is 15.6. The number of aliphatic hydroxyl groups excluding tert-OH is 1. The van der Waals surface area contributed by atoms with Crippen LogP contribution in [0, 0.1) is 17.5 Å². The third kappa shape index (κ3) is 6.82. The molecular weight excluding hydrogens is 545 g/mol. The topological polar surface area (TPSA) is 94.8 Å². The number of benzene rings is 2. The lowest BCUT2D eigenvalue weighted by molar-refractivity contribution is 0.102. The first-order valence-corrected chi connectivity index (χ1v) is 13.3. The zero-order chi connectivity index (χ0) is 29.6. The molecule has 0 aliphatic heterocycles. The molecule has 0 fully saturated rings. The fourth-order valence-corrected chi connectivity index (χ4v) is 4.51. The Hall–Kier alpha value is -4.58. The number of rotatable bonds is 11. The molecule has 11 heteroatoms. The van der Waals surface area contributed by atoms with Gasteiger partial charge in [-0.2, -0.15) is 0 Å². The average Bonchev–Trinajstić information content (AvgIpc) is 3.41. The predicted molar refractivity (Wildman–Crippen MR) is 153 cm³/mol. The van der Waals surface area contributed by atoms with Gasteiger partial charge in [-0.15, -0.1) is 0 Å². The quantitative estimate of drug-likeness (QED) is 0.210. The van der Waals surface area contributed by atoms with Gasteiger partial charge in [0.15, 0.2) is 11.6 Å². The van der Waals surface area contributed by atoms with E-state index in [1.807, 2.05) is 36.2 Å². The normalized spacial score (nSPS) is 11.4. The number of hydrogen-bond acceptors (Lipinski definition) is 6. The van der Waals surface area contributed by atoms with Gasteiger partial charge in [-0.05, 0) is 66.2 Å². The van der Waals surface area contributed by atoms with Crippen molar-refractivity contribution in [2.24, 2.45) is 0 Å². The molecule has 0 saturated heterocycles. The van der Waals surface area contributed by atoms with E-state index < -0.39 is 23.4 Å². The number of fused-ring (bicyclic) bond motifs is 1. The number of aromatic nitrogens is 3. The minimum absolute atomic E-state index is 0.00879. The largest absolute Gasteiger partial charge is 0.395 e. The zero-order valence-corrected chi connectivity index (χ0v) is 22.8. The molecule has 3 heterocycles. The van der Waals surface area contributed by atoms with Crippen molar-refractivity contribution in [2.75, 3.05) is 25.5 Å². The molecule has 0 spiro atoms. The molecule has 3 N–H and O–H groups in total. The molecule has 0 aliphatic rings. The fraction of sp³-hybridized carbons (Fsp3) is 0.194. The van der Waals surface area contributed by atoms with Crippen LogP contribution < -0.4 is 10.6 Å². The van der Waals surface area contributed by atoms with E-state index in [1.165, 1.54) is 24.4 Å². The van der Waals surface area contributed by atoms with E-state index in [-0.39, 0.29) is 24.5 Å². The summed E-state index contributed by atoms with van der Waals surface area (Å²) >= 11 is 0. The van der Waals surface area contributed by atoms with Gasteiger partial charge in [0.1, 0.15) is 17.2 Å². The third-order valence-corrected chi connectivity index (χ3v) is 6.74. The molecule has 2 aromatic carbocycles. The first kappa shape index (κ1) is 28.9. The highest BCUT2D eigenvalue weighted by molar-refractivity contribution is 6.03. The van der Waals surface area contributed by atoms with Gasteiger partial charge in [0.25, 0.3) is 5.91 Å². The van der Waals surface area contributed by atoms with Crippen LogP contribution in [0.4, 0.5) is 18.9 Å². The Morgan fingerprint density at radius 1 is 0.881 bits per heavy atom. The summed E-state index contributed by atoms with van der Waals surface area (Å²) in [5, 5.41) is 14.8. The maximum absolute atomic E-state index is 14.6. The SMILES string of the molecule is CN(CCO)Cc1ccc(-c2ccn3c(C(=O)Nc4cc(CNCc5ccc(F)c(F)c5)ccc4F)cnc3c2)cn1. The molecular formula is C31H29F3N6O2. The second-order valence-electron chi connectivity index (χ2n) is 9.91. The van der Waals surface area contributed by atoms with Crippen molar-refractivity contribution in [3.63, 3.8) is 0 Å². The molecule has 0 atom stereocenters. The summed E-state index contributed by atoms with van der Waals surface area (Å²) in [6.07, 6.45) is 4.93. The number of nitrogens with zero attached hydrogens (tertiary/aromatic N) is 4. The Morgan fingerprint density at radius 3 is 2.36 bits per heavy atom. The lowest BCUT2D eigenvalue weighted by Crippen LogP contribution is -2.21. The molecule has 5 aromatic rings. The van der Waals surface area contributed by atoms with E-state index in [9.17, 15) is 18.0 Å². The van der Waals surface area contributed by atoms with Gasteiger partial charge in [-0.1, -0.05) is 18.2 Å². The maximum atomic E-state index is 14.6. The van der Waals surface area contributed by atoms with Crippen LogP contribution >= 0.6 is 0 Å². The Morgan fingerprint density at radius 2 is 1.64 bits per heavy atom. The van der Waals surface area contributed by atoms with Crippen molar-refractivity contribution in [2.45, 2.75) is 19.6 Å². The number of imidazole rings is 1. The number of amides is 1. The number of pyridine rings is 2. The molecule has 0 bridgehead atoms. The number of aliphatic hydroxyl groups is 1. The van der Waals surface area contributed by atoms with E-state index in [2.05, 4.69) is 20.6 Å².